The molecule has 7 N–H and O–H groups in total. The minimum Gasteiger partial charge on any atom is -2.00 e. The zero-order valence-corrected chi connectivity index (χ0v) is 26.1. The summed E-state index contributed by atoms with van der Waals surface area (Å²) in [5.74, 6) is -3.58. The Kier molecular flexibility index (Phi) is 18.7. The molecule has 2 rings (SSSR count). The van der Waals surface area contributed by atoms with Crippen LogP contribution in [0.25, 0.3) is 0 Å². The Balaban J connectivity index is 0.00000840. The molecule has 0 spiro atoms. The molecule has 15 heteroatoms. The maximum absolute atomic E-state index is 12.7. The van der Waals surface area contributed by atoms with Gasteiger partial charge in [0.15, 0.2) is 0 Å². The van der Waals surface area contributed by atoms with Crippen LogP contribution in [0.2, 0.25) is 0 Å². The Morgan fingerprint density at radius 3 is 2.12 bits per heavy atom. The van der Waals surface area contributed by atoms with Crippen molar-refractivity contribution in [2.45, 2.75) is 43.8 Å². The van der Waals surface area contributed by atoms with Crippen molar-refractivity contribution in [2.24, 2.45) is 5.73 Å². The van der Waals surface area contributed by atoms with Gasteiger partial charge in [0.1, 0.15) is 6.04 Å². The number of amides is 4. The maximum Gasteiger partial charge on any atom is 0.243 e. The molecule has 0 fully saturated rings. The molecule has 2 aromatic carbocycles. The maximum atomic E-state index is 12.7. The van der Waals surface area contributed by atoms with Crippen molar-refractivity contribution < 1.29 is 55.3 Å². The molecule has 3 atom stereocenters. The Morgan fingerprint density at radius 2 is 1.52 bits per heavy atom. The Labute approximate surface area is 263 Å². The molecule has 0 bridgehead atoms. The molecular formula is C27H33N6O7ReS-5. The van der Waals surface area contributed by atoms with Crippen LogP contribution in [0.15, 0.2) is 54.6 Å². The van der Waals surface area contributed by atoms with Gasteiger partial charge in [-0.15, -0.1) is 5.75 Å². The molecule has 42 heavy (non-hydrogen) atoms. The van der Waals surface area contributed by atoms with Crippen LogP contribution in [0.5, 0.6) is 5.75 Å². The van der Waals surface area contributed by atoms with Gasteiger partial charge in [-0.3, -0.25) is 19.2 Å². The largest absolute Gasteiger partial charge is 2.00 e. The second kappa shape index (κ2) is 20.4. The number of nitrogens with two attached hydrogens (primary N) is 1. The number of aryl methyl sites for hydroxylation is 1. The number of benzene rings is 2. The summed E-state index contributed by atoms with van der Waals surface area (Å²) >= 11 is 4.81. The zero-order valence-electron chi connectivity index (χ0n) is 22.6. The predicted octanol–water partition coefficient (Wildman–Crippen LogP) is -2.38. The zero-order chi connectivity index (χ0) is 29.5. The molecule has 231 valence electrons. The first kappa shape index (κ1) is 38.5. The third-order valence-electron chi connectivity index (χ3n) is 5.84. The Hall–Kier alpha value is -3.48. The summed E-state index contributed by atoms with van der Waals surface area (Å²) in [5, 5.41) is 39.6. The van der Waals surface area contributed by atoms with Gasteiger partial charge in [0.05, 0.1) is 12.6 Å². The third-order valence-corrected chi connectivity index (χ3v) is 6.17. The van der Waals surface area contributed by atoms with E-state index in [0.29, 0.717) is 12.8 Å². The normalized spacial score (nSPS) is 12.2. The number of hydrogen-bond acceptors (Lipinski definition) is 9. The van der Waals surface area contributed by atoms with Crippen molar-refractivity contribution in [1.82, 2.24) is 21.3 Å². The summed E-state index contributed by atoms with van der Waals surface area (Å²) in [4.78, 5) is 49.6. The minimum absolute atomic E-state index is 0. The van der Waals surface area contributed by atoms with E-state index < -0.39 is 54.2 Å². The summed E-state index contributed by atoms with van der Waals surface area (Å²) in [5.41, 5.74) is 7.52. The van der Waals surface area contributed by atoms with E-state index in [9.17, 15) is 29.4 Å². The molecule has 0 aliphatic carbocycles. The molecular weight excluding hydrogens is 739 g/mol. The van der Waals surface area contributed by atoms with Crippen molar-refractivity contribution in [3.63, 3.8) is 0 Å². The van der Waals surface area contributed by atoms with Crippen molar-refractivity contribution in [2.75, 3.05) is 18.8 Å². The van der Waals surface area contributed by atoms with Gasteiger partial charge in [-0.25, -0.2) is 0 Å². The van der Waals surface area contributed by atoms with Crippen molar-refractivity contribution in [3.8, 4) is 5.75 Å². The third kappa shape index (κ3) is 14.4. The number of carbonyl (C=O) groups excluding carboxylic acids is 4. The van der Waals surface area contributed by atoms with Gasteiger partial charge in [0.2, 0.25) is 23.6 Å². The number of hydrogen-bond donors (Lipinski definition) is 6. The van der Waals surface area contributed by atoms with E-state index in [1.54, 1.807) is 42.5 Å². The van der Waals surface area contributed by atoms with Crippen molar-refractivity contribution in [1.29, 1.82) is 5.41 Å². The SMILES string of the molecule is N=C([O-])[C@H](C[S-])NC(=O)[C@H](Cc1ccccc1)NC(=O)CNC(=O)CCNC(=O)[C@@H](N)CCc1ccc([O-])cc1.[O-2].[Re]. The summed E-state index contributed by atoms with van der Waals surface area (Å²) in [6.45, 7) is -0.414. The van der Waals surface area contributed by atoms with Gasteiger partial charge in [-0.05, 0) is 29.9 Å². The second-order valence-corrected chi connectivity index (χ2v) is 9.34. The van der Waals surface area contributed by atoms with Gasteiger partial charge >= 0.3 is 0 Å². The smallest absolute Gasteiger partial charge is 0.243 e. The van der Waals surface area contributed by atoms with Gasteiger partial charge in [0.25, 0.3) is 0 Å². The first-order chi connectivity index (χ1) is 19.1. The van der Waals surface area contributed by atoms with Crippen LogP contribution in [-0.4, -0.2) is 66.5 Å². The summed E-state index contributed by atoms with van der Waals surface area (Å²) in [6, 6.07) is 12.1. The van der Waals surface area contributed by atoms with Crippen LogP contribution >= 0.6 is 0 Å². The fourth-order valence-electron chi connectivity index (χ4n) is 3.57. The average Bonchev–Trinajstić information content (AvgIpc) is 2.94. The van der Waals surface area contributed by atoms with E-state index in [1.807, 2.05) is 0 Å². The van der Waals surface area contributed by atoms with Crippen LogP contribution in [0.1, 0.15) is 24.0 Å². The van der Waals surface area contributed by atoms with Crippen LogP contribution in [0, 0.1) is 5.41 Å². The monoisotopic (exact) mass is 772 g/mol. The molecule has 0 saturated carbocycles. The Bertz CT molecular complexity index is 1160. The predicted molar refractivity (Wildman–Crippen MR) is 147 cm³/mol. The van der Waals surface area contributed by atoms with Gasteiger partial charge < -0.3 is 60.7 Å². The molecule has 0 unspecified atom stereocenters. The molecule has 4 amide bonds. The summed E-state index contributed by atoms with van der Waals surface area (Å²) in [6.07, 6.45) is 0.883. The van der Waals surface area contributed by atoms with E-state index in [-0.39, 0.29) is 56.8 Å². The molecule has 1 radical (unpaired) electrons. The first-order valence-corrected chi connectivity index (χ1v) is 13.2. The molecule has 0 aliphatic rings. The van der Waals surface area contributed by atoms with Crippen LogP contribution in [0.3, 0.4) is 0 Å². The topological polar surface area (TPSA) is 241 Å². The van der Waals surface area contributed by atoms with Gasteiger partial charge in [-0.2, -0.15) is 5.75 Å². The first-order valence-electron chi connectivity index (χ1n) is 12.6. The van der Waals surface area contributed by atoms with Gasteiger partial charge in [-0.1, -0.05) is 54.6 Å². The molecule has 0 aliphatic heterocycles. The quantitative estimate of drug-likeness (QED) is 0.0611. The Morgan fingerprint density at radius 1 is 0.881 bits per heavy atom. The van der Waals surface area contributed by atoms with Crippen molar-refractivity contribution >= 4 is 42.2 Å². The van der Waals surface area contributed by atoms with E-state index in [1.165, 1.54) is 12.1 Å². The van der Waals surface area contributed by atoms with E-state index >= 15 is 0 Å². The average molecular weight is 772 g/mol. The number of nitrogens with one attached hydrogen (secondary N) is 5. The van der Waals surface area contributed by atoms with Crippen LogP contribution in [-0.2, 0) is 70.5 Å². The molecule has 0 saturated heterocycles. The van der Waals surface area contributed by atoms with E-state index in [4.69, 9.17) is 23.8 Å². The molecule has 0 heterocycles. The summed E-state index contributed by atoms with van der Waals surface area (Å²) in [7, 11) is 0. The summed E-state index contributed by atoms with van der Waals surface area (Å²) < 4.78 is 0. The minimum atomic E-state index is -1.17. The standard InChI is InChI=1S/C27H36N6O6S.O.Re/c28-20(11-8-17-6-9-19(34)10-7-17)26(38)30-13-12-23(35)31-15-24(36)32-21(14-18-4-2-1-3-5-18)27(39)33-22(16-40)25(29)37;;/h1-7,9-10,20-22,34,40H,8,11-16,28H2,(H2,29,37)(H,30,38)(H,31,35)(H,32,36)(H,33,39);;/q;-2;/p-3/t20-,21-,22-;;/m0../s1. The van der Waals surface area contributed by atoms with E-state index in [0.717, 1.165) is 11.1 Å². The second-order valence-electron chi connectivity index (χ2n) is 9.01. The molecule has 13 nitrogen and oxygen atoms in total. The van der Waals surface area contributed by atoms with E-state index in [2.05, 4.69) is 21.3 Å². The molecule has 0 aromatic heterocycles. The van der Waals surface area contributed by atoms with Gasteiger partial charge in [0, 0.05) is 45.9 Å². The molecule has 2 aromatic rings. The fraction of sp³-hybridized carbons (Fsp3) is 0.370. The van der Waals surface area contributed by atoms with Crippen molar-refractivity contribution in [3.05, 3.63) is 65.7 Å². The van der Waals surface area contributed by atoms with Crippen LogP contribution < -0.4 is 37.2 Å². The number of rotatable bonds is 16. The fourth-order valence-corrected chi connectivity index (χ4v) is 3.80. The number of carbonyl (C=O) groups is 4. The van der Waals surface area contributed by atoms with Crippen LogP contribution in [0.4, 0.5) is 0 Å².